The normalized spacial score (nSPS) is 11.4. The molecule has 0 bridgehead atoms. The van der Waals surface area contributed by atoms with E-state index in [0.717, 1.165) is 23.3 Å². The third kappa shape index (κ3) is 5.72. The third-order valence-electron chi connectivity index (χ3n) is 5.78. The van der Waals surface area contributed by atoms with Crippen molar-refractivity contribution in [1.82, 2.24) is 20.2 Å². The monoisotopic (exact) mass is 517 g/mol. The van der Waals surface area contributed by atoms with Crippen LogP contribution in [0.5, 0.6) is 0 Å². The molecule has 5 rings (SSSR count). The van der Waals surface area contributed by atoms with Crippen LogP contribution < -0.4 is 16.4 Å². The first-order valence-electron chi connectivity index (χ1n) is 11.6. The summed E-state index contributed by atoms with van der Waals surface area (Å²) in [5.41, 5.74) is 8.99. The molecule has 2 amide bonds. The van der Waals surface area contributed by atoms with E-state index in [2.05, 4.69) is 30.8 Å². The van der Waals surface area contributed by atoms with Gasteiger partial charge in [-0.25, -0.2) is 14.8 Å². The zero-order valence-electron chi connectivity index (χ0n) is 19.9. The first kappa shape index (κ1) is 24.8. The van der Waals surface area contributed by atoms with E-state index >= 15 is 0 Å². The van der Waals surface area contributed by atoms with Crippen molar-refractivity contribution in [3.8, 4) is 0 Å². The Hall–Kier alpha value is -4.93. The predicted octanol–water partition coefficient (Wildman–Crippen LogP) is 5.78. The molecule has 0 aliphatic rings. The van der Waals surface area contributed by atoms with Crippen LogP contribution in [0.1, 0.15) is 28.2 Å². The summed E-state index contributed by atoms with van der Waals surface area (Å²) in [5.74, 6) is 0.886. The quantitative estimate of drug-likeness (QED) is 0.228. The van der Waals surface area contributed by atoms with Crippen molar-refractivity contribution >= 4 is 34.3 Å². The van der Waals surface area contributed by atoms with E-state index in [0.29, 0.717) is 46.9 Å². The molecule has 0 radical (unpaired) electrons. The molecule has 5 N–H and O–H groups in total. The number of hydrogen-bond acceptors (Lipinski definition) is 5. The fourth-order valence-corrected chi connectivity index (χ4v) is 4.07. The van der Waals surface area contributed by atoms with Crippen molar-refractivity contribution in [2.75, 3.05) is 16.4 Å². The van der Waals surface area contributed by atoms with Crippen molar-refractivity contribution in [2.24, 2.45) is 0 Å². The van der Waals surface area contributed by atoms with E-state index in [1.54, 1.807) is 18.2 Å². The van der Waals surface area contributed by atoms with Gasteiger partial charge in [0.2, 0.25) is 0 Å². The number of aromatic nitrogens is 4. The van der Waals surface area contributed by atoms with Crippen molar-refractivity contribution in [2.45, 2.75) is 19.0 Å². The lowest BCUT2D eigenvalue weighted by Gasteiger charge is -2.11. The number of urea groups is 1. The molecule has 8 nitrogen and oxygen atoms in total. The molecule has 0 atom stereocenters. The Bertz CT molecular complexity index is 1600. The van der Waals surface area contributed by atoms with Gasteiger partial charge in [-0.3, -0.25) is 5.10 Å². The highest BCUT2D eigenvalue weighted by Crippen LogP contribution is 2.30. The van der Waals surface area contributed by atoms with Crippen LogP contribution in [0.2, 0.25) is 0 Å². The SMILES string of the molecule is Nc1nc(Cc2ccccc2)nc2n[nH]c(Cc3cccc(NC(=O)Nc4cccc(C(F)(F)F)c4)c3)c12. The fraction of sp³-hybridized carbons (Fsp3) is 0.111. The number of aromatic amines is 1. The smallest absolute Gasteiger partial charge is 0.383 e. The highest BCUT2D eigenvalue weighted by molar-refractivity contribution is 5.99. The third-order valence-corrected chi connectivity index (χ3v) is 5.78. The van der Waals surface area contributed by atoms with Crippen LogP contribution in [0.15, 0.2) is 78.9 Å². The number of halogens is 3. The molecule has 0 aliphatic carbocycles. The van der Waals surface area contributed by atoms with E-state index in [1.165, 1.54) is 12.1 Å². The molecule has 2 aromatic heterocycles. The van der Waals surface area contributed by atoms with E-state index in [9.17, 15) is 18.0 Å². The van der Waals surface area contributed by atoms with E-state index in [4.69, 9.17) is 5.73 Å². The van der Waals surface area contributed by atoms with E-state index < -0.39 is 17.8 Å². The van der Waals surface area contributed by atoms with E-state index in [1.807, 2.05) is 36.4 Å². The van der Waals surface area contributed by atoms with Gasteiger partial charge in [-0.2, -0.15) is 18.3 Å². The van der Waals surface area contributed by atoms with Gasteiger partial charge in [0.1, 0.15) is 11.6 Å². The summed E-state index contributed by atoms with van der Waals surface area (Å²) >= 11 is 0. The molecule has 2 heterocycles. The molecule has 0 spiro atoms. The van der Waals surface area contributed by atoms with Crippen molar-refractivity contribution in [3.05, 3.63) is 107 Å². The second kappa shape index (κ2) is 10.2. The lowest BCUT2D eigenvalue weighted by atomic mass is 10.1. The van der Waals surface area contributed by atoms with Crippen LogP contribution in [0, 0.1) is 0 Å². The Labute approximate surface area is 215 Å². The number of nitrogens with zero attached hydrogens (tertiary/aromatic N) is 3. The number of alkyl halides is 3. The maximum Gasteiger partial charge on any atom is 0.416 e. The molecule has 0 fully saturated rings. The number of benzene rings is 3. The highest BCUT2D eigenvalue weighted by Gasteiger charge is 2.30. The molecule has 0 saturated carbocycles. The predicted molar refractivity (Wildman–Crippen MR) is 139 cm³/mol. The van der Waals surface area contributed by atoms with Gasteiger partial charge in [-0.1, -0.05) is 48.5 Å². The largest absolute Gasteiger partial charge is 0.416 e. The van der Waals surface area contributed by atoms with Gasteiger partial charge >= 0.3 is 12.2 Å². The lowest BCUT2D eigenvalue weighted by molar-refractivity contribution is -0.137. The molecule has 0 aliphatic heterocycles. The van der Waals surface area contributed by atoms with Crippen LogP contribution in [-0.2, 0) is 19.0 Å². The Morgan fingerprint density at radius 3 is 2.26 bits per heavy atom. The number of nitrogen functional groups attached to an aromatic ring is 1. The zero-order chi connectivity index (χ0) is 26.7. The average molecular weight is 518 g/mol. The van der Waals surface area contributed by atoms with Gasteiger partial charge in [0.15, 0.2) is 5.65 Å². The molecule has 3 aromatic carbocycles. The maximum atomic E-state index is 12.9. The molecule has 0 saturated heterocycles. The summed E-state index contributed by atoms with van der Waals surface area (Å²) in [5, 5.41) is 13.0. The standard InChI is InChI=1S/C27H22F3N7O/c28-27(29,30)18-9-5-11-20(15-18)33-26(38)32-19-10-4-8-17(12-19)13-21-23-24(31)34-22(35-25(23)37-36-21)14-16-6-2-1-3-7-16/h1-12,15H,13-14H2,(H2,32,33,38)(H3,31,34,35,36,37). The number of carbonyl (C=O) groups excluding carboxylic acids is 1. The first-order chi connectivity index (χ1) is 18.2. The molecular formula is C27H22F3N7O. The van der Waals surface area contributed by atoms with Crippen LogP contribution >= 0.6 is 0 Å². The lowest BCUT2D eigenvalue weighted by Crippen LogP contribution is -2.20. The second-order valence-electron chi connectivity index (χ2n) is 8.62. The van der Waals surface area contributed by atoms with E-state index in [-0.39, 0.29) is 5.69 Å². The number of rotatable bonds is 6. The first-order valence-corrected chi connectivity index (χ1v) is 11.6. The summed E-state index contributed by atoms with van der Waals surface area (Å²) < 4.78 is 38.8. The van der Waals surface area contributed by atoms with Crippen LogP contribution in [0.4, 0.5) is 35.2 Å². The second-order valence-corrected chi connectivity index (χ2v) is 8.62. The number of nitrogens with two attached hydrogens (primary N) is 1. The van der Waals surface area contributed by atoms with Crippen molar-refractivity contribution in [1.29, 1.82) is 0 Å². The van der Waals surface area contributed by atoms with Crippen LogP contribution in [0.25, 0.3) is 11.0 Å². The van der Waals surface area contributed by atoms with Crippen LogP contribution in [0.3, 0.4) is 0 Å². The summed E-state index contributed by atoms with van der Waals surface area (Å²) in [6, 6.07) is 20.6. The van der Waals surface area contributed by atoms with Gasteiger partial charge in [0, 0.05) is 24.2 Å². The van der Waals surface area contributed by atoms with Gasteiger partial charge < -0.3 is 16.4 Å². The summed E-state index contributed by atoms with van der Waals surface area (Å²) in [7, 11) is 0. The van der Waals surface area contributed by atoms with Gasteiger partial charge in [0.25, 0.3) is 0 Å². The molecule has 11 heteroatoms. The number of H-pyrrole nitrogens is 1. The van der Waals surface area contributed by atoms with Gasteiger partial charge in [0.05, 0.1) is 16.6 Å². The summed E-state index contributed by atoms with van der Waals surface area (Å²) in [6.45, 7) is 0. The minimum absolute atomic E-state index is 0.0273. The zero-order valence-corrected chi connectivity index (χ0v) is 19.9. The highest BCUT2D eigenvalue weighted by atomic mass is 19.4. The molecule has 192 valence electrons. The fourth-order valence-electron chi connectivity index (χ4n) is 4.07. The Kier molecular flexibility index (Phi) is 6.65. The number of hydrogen-bond donors (Lipinski definition) is 4. The number of nitrogens with one attached hydrogen (secondary N) is 3. The summed E-state index contributed by atoms with van der Waals surface area (Å²) in [4.78, 5) is 21.4. The maximum absolute atomic E-state index is 12.9. The topological polar surface area (TPSA) is 122 Å². The molecule has 38 heavy (non-hydrogen) atoms. The molecule has 0 unspecified atom stereocenters. The minimum Gasteiger partial charge on any atom is -0.383 e. The Morgan fingerprint density at radius 1 is 0.842 bits per heavy atom. The number of amides is 2. The van der Waals surface area contributed by atoms with Gasteiger partial charge in [-0.05, 0) is 41.5 Å². The van der Waals surface area contributed by atoms with Crippen molar-refractivity contribution < 1.29 is 18.0 Å². The Balaban J connectivity index is 1.29. The molecular weight excluding hydrogens is 495 g/mol. The number of fused-ring (bicyclic) bond motifs is 1. The van der Waals surface area contributed by atoms with Crippen molar-refractivity contribution in [3.63, 3.8) is 0 Å². The van der Waals surface area contributed by atoms with Crippen LogP contribution in [-0.4, -0.2) is 26.2 Å². The average Bonchev–Trinajstić information content (AvgIpc) is 3.27. The van der Waals surface area contributed by atoms with Gasteiger partial charge in [-0.15, -0.1) is 0 Å². The molecule has 5 aromatic rings. The summed E-state index contributed by atoms with van der Waals surface area (Å²) in [6.07, 6.45) is -3.57. The minimum atomic E-state index is -4.50. The Morgan fingerprint density at radius 2 is 1.53 bits per heavy atom. The number of carbonyl (C=O) groups is 1. The number of anilines is 3.